The Balaban J connectivity index is 1.95. The van der Waals surface area contributed by atoms with E-state index in [0.717, 1.165) is 5.01 Å². The van der Waals surface area contributed by atoms with Crippen LogP contribution in [0.4, 0.5) is 5.13 Å². The molecule has 0 saturated carbocycles. The summed E-state index contributed by atoms with van der Waals surface area (Å²) in [6.45, 7) is 1.65. The molecule has 0 aliphatic rings. The van der Waals surface area contributed by atoms with E-state index in [-0.39, 0.29) is 17.5 Å². The molecular weight excluding hydrogens is 296 g/mol. The van der Waals surface area contributed by atoms with Crippen molar-refractivity contribution in [3.05, 3.63) is 34.8 Å². The van der Waals surface area contributed by atoms with Gasteiger partial charge in [0.2, 0.25) is 5.13 Å². The minimum Gasteiger partial charge on any atom is -0.483 e. The van der Waals surface area contributed by atoms with Crippen LogP contribution in [0.2, 0.25) is 0 Å². The third-order valence-corrected chi connectivity index (χ3v) is 3.26. The second-order valence-electron chi connectivity index (χ2n) is 3.82. The van der Waals surface area contributed by atoms with Gasteiger partial charge in [-0.2, -0.15) is 0 Å². The fourth-order valence-electron chi connectivity index (χ4n) is 1.44. The number of ether oxygens (including phenoxy) is 1. The van der Waals surface area contributed by atoms with E-state index in [1.165, 1.54) is 11.3 Å². The summed E-state index contributed by atoms with van der Waals surface area (Å²) in [6, 6.07) is 7.02. The second kappa shape index (κ2) is 6.40. The molecule has 0 atom stereocenters. The minimum atomic E-state index is -0.320. The van der Waals surface area contributed by atoms with E-state index in [0.29, 0.717) is 16.4 Å². The number of rotatable bonds is 5. The maximum absolute atomic E-state index is 11.7. The molecule has 0 aliphatic heterocycles. The summed E-state index contributed by atoms with van der Waals surface area (Å²) in [5.41, 5.74) is 6.18. The Morgan fingerprint density at radius 1 is 1.45 bits per heavy atom. The van der Waals surface area contributed by atoms with E-state index >= 15 is 0 Å². The molecule has 20 heavy (non-hydrogen) atoms. The smallest absolute Gasteiger partial charge is 0.264 e. The van der Waals surface area contributed by atoms with Gasteiger partial charge in [-0.3, -0.25) is 10.1 Å². The van der Waals surface area contributed by atoms with Gasteiger partial charge >= 0.3 is 0 Å². The fourth-order valence-corrected chi connectivity index (χ4v) is 2.22. The molecule has 0 aliphatic carbocycles. The van der Waals surface area contributed by atoms with Gasteiger partial charge in [0, 0.05) is 0 Å². The SMILES string of the molecule is Cc1nnc(NC(=O)COc2ccccc2C(N)=S)s1. The van der Waals surface area contributed by atoms with E-state index in [9.17, 15) is 4.79 Å². The first kappa shape index (κ1) is 14.4. The molecule has 2 rings (SSSR count). The van der Waals surface area contributed by atoms with Crippen LogP contribution in [0.25, 0.3) is 0 Å². The van der Waals surface area contributed by atoms with Crippen LogP contribution in [0.5, 0.6) is 5.75 Å². The zero-order valence-electron chi connectivity index (χ0n) is 10.6. The molecule has 104 valence electrons. The van der Waals surface area contributed by atoms with Crippen molar-refractivity contribution in [1.82, 2.24) is 10.2 Å². The van der Waals surface area contributed by atoms with Crippen LogP contribution in [0.15, 0.2) is 24.3 Å². The van der Waals surface area contributed by atoms with Crippen LogP contribution < -0.4 is 15.8 Å². The highest BCUT2D eigenvalue weighted by molar-refractivity contribution is 7.80. The number of nitrogens with zero attached hydrogens (tertiary/aromatic N) is 2. The molecule has 0 fully saturated rings. The van der Waals surface area contributed by atoms with Crippen LogP contribution in [0.1, 0.15) is 10.6 Å². The van der Waals surface area contributed by atoms with Crippen molar-refractivity contribution >= 4 is 39.6 Å². The highest BCUT2D eigenvalue weighted by Gasteiger charge is 2.10. The summed E-state index contributed by atoms with van der Waals surface area (Å²) in [5.74, 6) is 0.155. The lowest BCUT2D eigenvalue weighted by atomic mass is 10.2. The summed E-state index contributed by atoms with van der Waals surface area (Å²) in [7, 11) is 0. The van der Waals surface area contributed by atoms with Crippen molar-refractivity contribution < 1.29 is 9.53 Å². The summed E-state index contributed by atoms with van der Waals surface area (Å²) >= 11 is 6.21. The van der Waals surface area contributed by atoms with Crippen LogP contribution in [0, 0.1) is 6.92 Å². The maximum atomic E-state index is 11.7. The fraction of sp³-hybridized carbons (Fsp3) is 0.167. The Kier molecular flexibility index (Phi) is 4.59. The molecular formula is C12H12N4O2S2. The zero-order valence-corrected chi connectivity index (χ0v) is 12.3. The molecule has 0 saturated heterocycles. The van der Waals surface area contributed by atoms with Gasteiger partial charge in [-0.05, 0) is 19.1 Å². The molecule has 1 aromatic heterocycles. The number of para-hydroxylation sites is 1. The highest BCUT2D eigenvalue weighted by Crippen LogP contribution is 2.18. The first-order chi connectivity index (χ1) is 9.56. The molecule has 0 unspecified atom stereocenters. The number of amides is 1. The number of aromatic nitrogens is 2. The topological polar surface area (TPSA) is 90.1 Å². The largest absolute Gasteiger partial charge is 0.483 e. The normalized spacial score (nSPS) is 10.1. The molecule has 1 aromatic carbocycles. The first-order valence-corrected chi connectivity index (χ1v) is 6.90. The summed E-state index contributed by atoms with van der Waals surface area (Å²) in [6.07, 6.45) is 0. The van der Waals surface area contributed by atoms with E-state index < -0.39 is 0 Å². The van der Waals surface area contributed by atoms with E-state index in [4.69, 9.17) is 22.7 Å². The predicted molar refractivity (Wildman–Crippen MR) is 81.1 cm³/mol. The van der Waals surface area contributed by atoms with Gasteiger partial charge in [-0.1, -0.05) is 35.7 Å². The van der Waals surface area contributed by atoms with Crippen molar-refractivity contribution in [2.45, 2.75) is 6.92 Å². The van der Waals surface area contributed by atoms with Crippen LogP contribution in [0.3, 0.4) is 0 Å². The van der Waals surface area contributed by atoms with Gasteiger partial charge in [-0.25, -0.2) is 0 Å². The van der Waals surface area contributed by atoms with Crippen LogP contribution >= 0.6 is 23.6 Å². The number of thiocarbonyl (C=S) groups is 1. The lowest BCUT2D eigenvalue weighted by molar-refractivity contribution is -0.118. The maximum Gasteiger partial charge on any atom is 0.264 e. The predicted octanol–water partition coefficient (Wildman–Crippen LogP) is 1.50. The molecule has 1 heterocycles. The van der Waals surface area contributed by atoms with Gasteiger partial charge in [-0.15, -0.1) is 10.2 Å². The molecule has 1 amide bonds. The third kappa shape index (κ3) is 3.72. The summed E-state index contributed by atoms with van der Waals surface area (Å²) < 4.78 is 5.42. The number of carbonyl (C=O) groups is 1. The van der Waals surface area contributed by atoms with E-state index in [2.05, 4.69) is 15.5 Å². The Bertz CT molecular complexity index is 642. The quantitative estimate of drug-likeness (QED) is 0.814. The van der Waals surface area contributed by atoms with Crippen molar-refractivity contribution in [2.24, 2.45) is 5.73 Å². The number of nitrogens with two attached hydrogens (primary N) is 1. The van der Waals surface area contributed by atoms with Crippen molar-refractivity contribution in [2.75, 3.05) is 11.9 Å². The summed E-state index contributed by atoms with van der Waals surface area (Å²) in [5, 5.41) is 11.4. The van der Waals surface area contributed by atoms with Crippen LogP contribution in [-0.4, -0.2) is 27.7 Å². The molecule has 0 bridgehead atoms. The van der Waals surface area contributed by atoms with Gasteiger partial charge in [0.05, 0.1) is 5.56 Å². The summed E-state index contributed by atoms with van der Waals surface area (Å²) in [4.78, 5) is 11.9. The monoisotopic (exact) mass is 308 g/mol. The Hall–Kier alpha value is -2.06. The number of anilines is 1. The molecule has 6 nitrogen and oxygen atoms in total. The van der Waals surface area contributed by atoms with Crippen molar-refractivity contribution in [3.63, 3.8) is 0 Å². The van der Waals surface area contributed by atoms with Crippen molar-refractivity contribution in [3.8, 4) is 5.75 Å². The molecule has 8 heteroatoms. The average molecular weight is 308 g/mol. The zero-order chi connectivity index (χ0) is 14.5. The van der Waals surface area contributed by atoms with Crippen LogP contribution in [-0.2, 0) is 4.79 Å². The van der Waals surface area contributed by atoms with Crippen molar-refractivity contribution in [1.29, 1.82) is 0 Å². The molecule has 0 spiro atoms. The number of nitrogens with one attached hydrogen (secondary N) is 1. The Morgan fingerprint density at radius 3 is 2.85 bits per heavy atom. The van der Waals surface area contributed by atoms with E-state index in [1.807, 2.05) is 6.92 Å². The van der Waals surface area contributed by atoms with Gasteiger partial charge in [0.25, 0.3) is 5.91 Å². The molecule has 2 aromatic rings. The van der Waals surface area contributed by atoms with Gasteiger partial charge in [0.15, 0.2) is 6.61 Å². The van der Waals surface area contributed by atoms with E-state index in [1.54, 1.807) is 24.3 Å². The highest BCUT2D eigenvalue weighted by atomic mass is 32.1. The lowest BCUT2D eigenvalue weighted by Gasteiger charge is -2.09. The van der Waals surface area contributed by atoms with Gasteiger partial charge < -0.3 is 10.5 Å². The second-order valence-corrected chi connectivity index (χ2v) is 5.44. The first-order valence-electron chi connectivity index (χ1n) is 5.68. The third-order valence-electron chi connectivity index (χ3n) is 2.28. The average Bonchev–Trinajstić information content (AvgIpc) is 2.82. The number of carbonyl (C=O) groups excluding carboxylic acids is 1. The number of benzene rings is 1. The van der Waals surface area contributed by atoms with Gasteiger partial charge in [0.1, 0.15) is 15.7 Å². The Morgan fingerprint density at radius 2 is 2.20 bits per heavy atom. The molecule has 3 N–H and O–H groups in total. The molecule has 0 radical (unpaired) electrons. The number of aryl methyl sites for hydroxylation is 1. The Labute approximate surface area is 125 Å². The number of hydrogen-bond donors (Lipinski definition) is 2. The standard InChI is InChI=1S/C12H12N4O2S2/c1-7-15-16-12(20-7)14-10(17)6-18-9-5-3-2-4-8(9)11(13)19/h2-5H,6H2,1H3,(H2,13,19)(H,14,16,17). The lowest BCUT2D eigenvalue weighted by Crippen LogP contribution is -2.21. The number of hydrogen-bond acceptors (Lipinski definition) is 6. The minimum absolute atomic E-state index is 0.155.